The molecule has 0 atom stereocenters. The molecule has 1 N–H and O–H groups in total. The Morgan fingerprint density at radius 3 is 2.82 bits per heavy atom. The molecule has 0 aliphatic heterocycles. The lowest BCUT2D eigenvalue weighted by Crippen LogP contribution is -2.32. The van der Waals surface area contributed by atoms with E-state index in [2.05, 4.69) is 17.1 Å². The summed E-state index contributed by atoms with van der Waals surface area (Å²) in [5.74, 6) is 0. The van der Waals surface area contributed by atoms with Crippen LogP contribution in [0.1, 0.15) is 38.2 Å². The quantitative estimate of drug-likeness (QED) is 0.688. The van der Waals surface area contributed by atoms with Gasteiger partial charge in [-0.25, -0.2) is 0 Å². The SMILES string of the molecule is CCC1(c2cn[nH]c2)CCC1. The van der Waals surface area contributed by atoms with Gasteiger partial charge in [-0.2, -0.15) is 5.10 Å². The van der Waals surface area contributed by atoms with Gasteiger partial charge < -0.3 is 0 Å². The van der Waals surface area contributed by atoms with Crippen molar-refractivity contribution in [3.8, 4) is 0 Å². The van der Waals surface area contributed by atoms with Crippen LogP contribution in [0.3, 0.4) is 0 Å². The van der Waals surface area contributed by atoms with Crippen LogP contribution in [-0.2, 0) is 5.41 Å². The van der Waals surface area contributed by atoms with Crippen LogP contribution in [0.5, 0.6) is 0 Å². The molecule has 2 nitrogen and oxygen atoms in total. The fourth-order valence-corrected chi connectivity index (χ4v) is 1.99. The molecule has 0 unspecified atom stereocenters. The van der Waals surface area contributed by atoms with Crippen LogP contribution in [0.4, 0.5) is 0 Å². The largest absolute Gasteiger partial charge is 0.285 e. The highest BCUT2D eigenvalue weighted by Crippen LogP contribution is 2.45. The zero-order chi connectivity index (χ0) is 7.73. The van der Waals surface area contributed by atoms with E-state index in [9.17, 15) is 0 Å². The zero-order valence-electron chi connectivity index (χ0n) is 6.93. The maximum absolute atomic E-state index is 3.99. The maximum atomic E-state index is 3.99. The molecule has 0 bridgehead atoms. The van der Waals surface area contributed by atoms with Gasteiger partial charge in [-0.05, 0) is 30.2 Å². The molecular weight excluding hydrogens is 136 g/mol. The molecule has 2 rings (SSSR count). The number of aromatic amines is 1. The van der Waals surface area contributed by atoms with Gasteiger partial charge >= 0.3 is 0 Å². The van der Waals surface area contributed by atoms with Crippen molar-refractivity contribution < 1.29 is 0 Å². The van der Waals surface area contributed by atoms with E-state index in [4.69, 9.17) is 0 Å². The standard InChI is InChI=1S/C9H14N2/c1-2-9(4-3-5-9)8-6-10-11-7-8/h6-7H,2-5H2,1H3,(H,10,11). The second-order valence-corrected chi connectivity index (χ2v) is 3.47. The van der Waals surface area contributed by atoms with Crippen LogP contribution in [0.25, 0.3) is 0 Å². The second-order valence-electron chi connectivity index (χ2n) is 3.47. The highest BCUT2D eigenvalue weighted by Gasteiger charge is 2.37. The third kappa shape index (κ3) is 0.889. The van der Waals surface area contributed by atoms with Crippen molar-refractivity contribution in [2.75, 3.05) is 0 Å². The molecule has 0 amide bonds. The van der Waals surface area contributed by atoms with E-state index in [1.54, 1.807) is 0 Å². The first-order valence-electron chi connectivity index (χ1n) is 4.37. The molecule has 0 spiro atoms. The highest BCUT2D eigenvalue weighted by molar-refractivity contribution is 5.21. The Morgan fingerprint density at radius 2 is 2.45 bits per heavy atom. The summed E-state index contributed by atoms with van der Waals surface area (Å²) in [7, 11) is 0. The summed E-state index contributed by atoms with van der Waals surface area (Å²) in [6.45, 7) is 2.27. The van der Waals surface area contributed by atoms with Crippen molar-refractivity contribution in [1.82, 2.24) is 10.2 Å². The van der Waals surface area contributed by atoms with E-state index in [0.29, 0.717) is 5.41 Å². The molecule has 1 fully saturated rings. The monoisotopic (exact) mass is 150 g/mol. The molecule has 1 saturated carbocycles. The zero-order valence-corrected chi connectivity index (χ0v) is 6.93. The van der Waals surface area contributed by atoms with Gasteiger partial charge in [0.2, 0.25) is 0 Å². The molecule has 11 heavy (non-hydrogen) atoms. The van der Waals surface area contributed by atoms with Gasteiger partial charge in [-0.15, -0.1) is 0 Å². The molecule has 60 valence electrons. The molecule has 1 aliphatic rings. The molecule has 1 aromatic heterocycles. The maximum Gasteiger partial charge on any atom is 0.0524 e. The topological polar surface area (TPSA) is 28.7 Å². The first kappa shape index (κ1) is 6.89. The van der Waals surface area contributed by atoms with Crippen LogP contribution >= 0.6 is 0 Å². The fraction of sp³-hybridized carbons (Fsp3) is 0.667. The molecule has 1 aromatic rings. The van der Waals surface area contributed by atoms with Gasteiger partial charge in [0, 0.05) is 6.20 Å². The van der Waals surface area contributed by atoms with Gasteiger partial charge in [-0.1, -0.05) is 13.3 Å². The second kappa shape index (κ2) is 2.36. The Kier molecular flexibility index (Phi) is 1.48. The Morgan fingerprint density at radius 1 is 1.64 bits per heavy atom. The van der Waals surface area contributed by atoms with Crippen LogP contribution in [0.15, 0.2) is 12.4 Å². The number of H-pyrrole nitrogens is 1. The third-order valence-corrected chi connectivity index (χ3v) is 3.10. The van der Waals surface area contributed by atoms with Crippen LogP contribution in [-0.4, -0.2) is 10.2 Å². The molecule has 2 heteroatoms. The highest BCUT2D eigenvalue weighted by atomic mass is 15.1. The lowest BCUT2D eigenvalue weighted by molar-refractivity contribution is 0.235. The van der Waals surface area contributed by atoms with Gasteiger partial charge in [0.05, 0.1) is 6.20 Å². The first-order chi connectivity index (χ1) is 5.37. The van der Waals surface area contributed by atoms with Crippen LogP contribution < -0.4 is 0 Å². The van der Waals surface area contributed by atoms with Crippen LogP contribution in [0, 0.1) is 0 Å². The van der Waals surface area contributed by atoms with E-state index >= 15 is 0 Å². The van der Waals surface area contributed by atoms with Crippen molar-refractivity contribution in [3.05, 3.63) is 18.0 Å². The van der Waals surface area contributed by atoms with Crippen LogP contribution in [0.2, 0.25) is 0 Å². The summed E-state index contributed by atoms with van der Waals surface area (Å²) in [5, 5.41) is 6.88. The summed E-state index contributed by atoms with van der Waals surface area (Å²) >= 11 is 0. The minimum atomic E-state index is 0.493. The molecule has 0 aromatic carbocycles. The Balaban J connectivity index is 2.25. The van der Waals surface area contributed by atoms with Crippen molar-refractivity contribution >= 4 is 0 Å². The number of nitrogens with one attached hydrogen (secondary N) is 1. The first-order valence-corrected chi connectivity index (χ1v) is 4.37. The number of hydrogen-bond donors (Lipinski definition) is 1. The minimum Gasteiger partial charge on any atom is -0.285 e. The summed E-state index contributed by atoms with van der Waals surface area (Å²) in [4.78, 5) is 0. The molecule has 0 radical (unpaired) electrons. The smallest absolute Gasteiger partial charge is 0.0524 e. The van der Waals surface area contributed by atoms with E-state index < -0.39 is 0 Å². The molecule has 1 heterocycles. The molecule has 0 saturated heterocycles. The van der Waals surface area contributed by atoms with Gasteiger partial charge in [0.25, 0.3) is 0 Å². The summed E-state index contributed by atoms with van der Waals surface area (Å²) < 4.78 is 0. The number of nitrogens with zero attached hydrogens (tertiary/aromatic N) is 1. The lowest BCUT2D eigenvalue weighted by atomic mass is 9.64. The van der Waals surface area contributed by atoms with Crippen molar-refractivity contribution in [2.45, 2.75) is 38.0 Å². The van der Waals surface area contributed by atoms with Gasteiger partial charge in [-0.3, -0.25) is 5.10 Å². The Bertz CT molecular complexity index is 216. The number of rotatable bonds is 2. The van der Waals surface area contributed by atoms with Crippen molar-refractivity contribution in [1.29, 1.82) is 0 Å². The summed E-state index contributed by atoms with van der Waals surface area (Å²) in [6, 6.07) is 0. The van der Waals surface area contributed by atoms with E-state index in [1.165, 1.54) is 31.2 Å². The number of hydrogen-bond acceptors (Lipinski definition) is 1. The predicted octanol–water partition coefficient (Wildman–Crippen LogP) is 2.24. The lowest BCUT2D eigenvalue weighted by Gasteiger charge is -2.40. The average Bonchev–Trinajstić information content (AvgIpc) is 2.39. The normalized spacial score (nSPS) is 21.2. The third-order valence-electron chi connectivity index (χ3n) is 3.10. The average molecular weight is 150 g/mol. The number of aromatic nitrogens is 2. The van der Waals surface area contributed by atoms with Crippen molar-refractivity contribution in [3.63, 3.8) is 0 Å². The van der Waals surface area contributed by atoms with Gasteiger partial charge in [0.15, 0.2) is 0 Å². The van der Waals surface area contributed by atoms with Crippen molar-refractivity contribution in [2.24, 2.45) is 0 Å². The Hall–Kier alpha value is -0.790. The van der Waals surface area contributed by atoms with E-state index in [1.807, 2.05) is 12.4 Å². The van der Waals surface area contributed by atoms with E-state index in [0.717, 1.165) is 0 Å². The summed E-state index contributed by atoms with van der Waals surface area (Å²) in [6.07, 6.45) is 9.36. The van der Waals surface area contributed by atoms with Gasteiger partial charge in [0.1, 0.15) is 0 Å². The predicted molar refractivity (Wildman–Crippen MR) is 44.4 cm³/mol. The fourth-order valence-electron chi connectivity index (χ4n) is 1.99. The van der Waals surface area contributed by atoms with E-state index in [-0.39, 0.29) is 0 Å². The molecular formula is C9H14N2. The summed E-state index contributed by atoms with van der Waals surface area (Å²) in [5.41, 5.74) is 1.90. The molecule has 1 aliphatic carbocycles. The Labute approximate surface area is 67.0 Å². The minimum absolute atomic E-state index is 0.493.